The summed E-state index contributed by atoms with van der Waals surface area (Å²) in [7, 11) is 3.98. The van der Waals surface area contributed by atoms with Crippen molar-refractivity contribution in [1.82, 2.24) is 20.4 Å². The molecule has 0 spiro atoms. The van der Waals surface area contributed by atoms with Crippen LogP contribution in [0, 0.1) is 5.92 Å². The van der Waals surface area contributed by atoms with Crippen LogP contribution in [-0.4, -0.2) is 81.6 Å². The molecule has 28 heavy (non-hydrogen) atoms. The molecule has 3 rings (SSSR count). The Morgan fingerprint density at radius 2 is 2.00 bits per heavy atom. The first kappa shape index (κ1) is 20.6. The molecule has 1 saturated heterocycles. The van der Waals surface area contributed by atoms with E-state index < -0.39 is 0 Å². The Kier molecular flexibility index (Phi) is 7.28. The number of benzene rings is 1. The molecule has 2 aliphatic rings. The van der Waals surface area contributed by atoms with Crippen molar-refractivity contribution < 1.29 is 4.79 Å². The van der Waals surface area contributed by atoms with Crippen LogP contribution in [0.5, 0.6) is 0 Å². The monoisotopic (exact) mass is 386 g/mol. The molecule has 0 radical (unpaired) electrons. The Labute approximate surface area is 168 Å². The molecule has 2 unspecified atom stereocenters. The van der Waals surface area contributed by atoms with Crippen LogP contribution in [-0.2, 0) is 4.79 Å². The average molecular weight is 387 g/mol. The van der Waals surface area contributed by atoms with Crippen LogP contribution in [0.4, 0.5) is 5.69 Å². The average Bonchev–Trinajstić information content (AvgIpc) is 2.69. The Hall–Kier alpha value is -2.12. The van der Waals surface area contributed by atoms with Gasteiger partial charge in [0.1, 0.15) is 0 Å². The molecule has 0 saturated carbocycles. The van der Waals surface area contributed by atoms with E-state index >= 15 is 0 Å². The maximum absolute atomic E-state index is 12.0. The lowest BCUT2D eigenvalue weighted by molar-refractivity contribution is -0.116. The van der Waals surface area contributed by atoms with Crippen molar-refractivity contribution in [3.8, 4) is 0 Å². The second kappa shape index (κ2) is 9.89. The number of fused-ring (bicyclic) bond motifs is 1. The third kappa shape index (κ3) is 5.69. The van der Waals surface area contributed by atoms with Gasteiger partial charge in [0.05, 0.1) is 0 Å². The molecule has 2 atom stereocenters. The van der Waals surface area contributed by atoms with Gasteiger partial charge in [-0.05, 0) is 24.6 Å². The van der Waals surface area contributed by atoms with Gasteiger partial charge in [0, 0.05) is 70.9 Å². The normalized spacial score (nSPS) is 22.3. The largest absolute Gasteiger partial charge is 0.356 e. The van der Waals surface area contributed by atoms with Gasteiger partial charge in [-0.25, -0.2) is 0 Å². The molecule has 2 heterocycles. The second-order valence-electron chi connectivity index (χ2n) is 8.08. The lowest BCUT2D eigenvalue weighted by Crippen LogP contribution is -2.48. The van der Waals surface area contributed by atoms with E-state index in [4.69, 9.17) is 0 Å². The highest BCUT2D eigenvalue weighted by Gasteiger charge is 2.24. The standard InChI is InChI=1S/C21H34N6O/c1-16(15-27-10-8-26(3)9-11-27)13-23-21(22-2)24-14-17-12-20(28)25-19-7-5-4-6-18(17)19/h4-7,16-17H,8-15H2,1-3H3,(H,25,28)(H2,22,23,24). The molecule has 7 heteroatoms. The van der Waals surface area contributed by atoms with Gasteiger partial charge >= 0.3 is 0 Å². The van der Waals surface area contributed by atoms with E-state index in [0.29, 0.717) is 18.9 Å². The van der Waals surface area contributed by atoms with E-state index in [0.717, 1.165) is 50.9 Å². The predicted octanol–water partition coefficient (Wildman–Crippen LogP) is 1.16. The fourth-order valence-corrected chi connectivity index (χ4v) is 3.93. The van der Waals surface area contributed by atoms with Gasteiger partial charge in [0.15, 0.2) is 5.96 Å². The number of piperazine rings is 1. The maximum Gasteiger partial charge on any atom is 0.225 e. The number of para-hydroxylation sites is 1. The molecule has 2 aliphatic heterocycles. The Morgan fingerprint density at radius 3 is 2.75 bits per heavy atom. The summed E-state index contributed by atoms with van der Waals surface area (Å²) in [4.78, 5) is 21.3. The number of aliphatic imine (C=N–C) groups is 1. The molecule has 1 aromatic carbocycles. The van der Waals surface area contributed by atoms with Gasteiger partial charge in [-0.1, -0.05) is 25.1 Å². The number of guanidine groups is 1. The van der Waals surface area contributed by atoms with Crippen molar-refractivity contribution in [2.75, 3.05) is 65.2 Å². The lowest BCUT2D eigenvalue weighted by Gasteiger charge is -2.34. The Balaban J connectivity index is 1.44. The van der Waals surface area contributed by atoms with Crippen LogP contribution in [0.2, 0.25) is 0 Å². The first-order valence-corrected chi connectivity index (χ1v) is 10.3. The SMILES string of the molecule is CN=C(NCC(C)CN1CCN(C)CC1)NCC1CC(=O)Nc2ccccc21. The van der Waals surface area contributed by atoms with Gasteiger partial charge in [-0.2, -0.15) is 0 Å². The molecule has 3 N–H and O–H groups in total. The van der Waals surface area contributed by atoms with E-state index in [9.17, 15) is 4.79 Å². The number of nitrogens with one attached hydrogen (secondary N) is 3. The van der Waals surface area contributed by atoms with Crippen molar-refractivity contribution in [3.05, 3.63) is 29.8 Å². The molecule has 0 aliphatic carbocycles. The smallest absolute Gasteiger partial charge is 0.225 e. The fraction of sp³-hybridized carbons (Fsp3) is 0.619. The quantitative estimate of drug-likeness (QED) is 0.506. The van der Waals surface area contributed by atoms with Crippen molar-refractivity contribution in [3.63, 3.8) is 0 Å². The van der Waals surface area contributed by atoms with Crippen LogP contribution in [0.3, 0.4) is 0 Å². The van der Waals surface area contributed by atoms with Gasteiger partial charge in [-0.15, -0.1) is 0 Å². The number of carbonyl (C=O) groups is 1. The lowest BCUT2D eigenvalue weighted by atomic mass is 9.90. The molecule has 154 valence electrons. The first-order valence-electron chi connectivity index (χ1n) is 10.3. The summed E-state index contributed by atoms with van der Waals surface area (Å²) in [6.45, 7) is 9.56. The topological polar surface area (TPSA) is 72.0 Å². The van der Waals surface area contributed by atoms with E-state index in [1.54, 1.807) is 7.05 Å². The van der Waals surface area contributed by atoms with Crippen LogP contribution in [0.15, 0.2) is 29.3 Å². The Bertz CT molecular complexity index is 683. The van der Waals surface area contributed by atoms with Gasteiger partial charge in [0.25, 0.3) is 0 Å². The zero-order valence-electron chi connectivity index (χ0n) is 17.4. The number of likely N-dealkylation sites (N-methyl/N-ethyl adjacent to an activating group) is 1. The highest BCUT2D eigenvalue weighted by molar-refractivity contribution is 5.94. The van der Waals surface area contributed by atoms with Crippen LogP contribution >= 0.6 is 0 Å². The molecule has 0 bridgehead atoms. The molecular weight excluding hydrogens is 352 g/mol. The molecule has 1 aromatic rings. The summed E-state index contributed by atoms with van der Waals surface area (Å²) in [6.07, 6.45) is 0.501. The third-order valence-electron chi connectivity index (χ3n) is 5.63. The molecular formula is C21H34N6O. The predicted molar refractivity (Wildman–Crippen MR) is 115 cm³/mol. The molecule has 1 amide bonds. The maximum atomic E-state index is 12.0. The molecule has 1 fully saturated rings. The fourth-order valence-electron chi connectivity index (χ4n) is 3.93. The summed E-state index contributed by atoms with van der Waals surface area (Å²) >= 11 is 0. The minimum atomic E-state index is 0.0780. The van der Waals surface area contributed by atoms with Crippen molar-refractivity contribution in [2.24, 2.45) is 10.9 Å². The van der Waals surface area contributed by atoms with Crippen molar-refractivity contribution >= 4 is 17.6 Å². The summed E-state index contributed by atoms with van der Waals surface area (Å²) in [5.74, 6) is 1.58. The van der Waals surface area contributed by atoms with Crippen molar-refractivity contribution in [1.29, 1.82) is 0 Å². The number of carbonyl (C=O) groups excluding carboxylic acids is 1. The molecule has 7 nitrogen and oxygen atoms in total. The summed E-state index contributed by atoms with van der Waals surface area (Å²) < 4.78 is 0. The summed E-state index contributed by atoms with van der Waals surface area (Å²) in [6, 6.07) is 8.04. The van der Waals surface area contributed by atoms with E-state index in [1.165, 1.54) is 5.56 Å². The minimum Gasteiger partial charge on any atom is -0.356 e. The van der Waals surface area contributed by atoms with E-state index in [2.05, 4.69) is 50.8 Å². The second-order valence-corrected chi connectivity index (χ2v) is 8.08. The zero-order chi connectivity index (χ0) is 19.9. The number of anilines is 1. The first-order chi connectivity index (χ1) is 13.5. The van der Waals surface area contributed by atoms with Gasteiger partial charge in [-0.3, -0.25) is 9.79 Å². The minimum absolute atomic E-state index is 0.0780. The van der Waals surface area contributed by atoms with Crippen LogP contribution < -0.4 is 16.0 Å². The van der Waals surface area contributed by atoms with Gasteiger partial charge < -0.3 is 25.8 Å². The number of amides is 1. The highest BCUT2D eigenvalue weighted by Crippen LogP contribution is 2.31. The van der Waals surface area contributed by atoms with E-state index in [1.807, 2.05) is 18.2 Å². The van der Waals surface area contributed by atoms with Crippen molar-refractivity contribution in [2.45, 2.75) is 19.3 Å². The van der Waals surface area contributed by atoms with Crippen LogP contribution in [0.25, 0.3) is 0 Å². The van der Waals surface area contributed by atoms with Crippen LogP contribution in [0.1, 0.15) is 24.8 Å². The summed E-state index contributed by atoms with van der Waals surface area (Å²) in [5, 5.41) is 9.80. The number of rotatable bonds is 6. The van der Waals surface area contributed by atoms with Gasteiger partial charge in [0.2, 0.25) is 5.91 Å². The Morgan fingerprint density at radius 1 is 1.25 bits per heavy atom. The number of hydrogen-bond donors (Lipinski definition) is 3. The third-order valence-corrected chi connectivity index (χ3v) is 5.63. The summed E-state index contributed by atoms with van der Waals surface area (Å²) in [5.41, 5.74) is 2.11. The number of nitrogens with zero attached hydrogens (tertiary/aromatic N) is 3. The zero-order valence-corrected chi connectivity index (χ0v) is 17.4. The van der Waals surface area contributed by atoms with E-state index in [-0.39, 0.29) is 11.8 Å². The molecule has 0 aromatic heterocycles. The highest BCUT2D eigenvalue weighted by atomic mass is 16.1. The number of hydrogen-bond acceptors (Lipinski definition) is 4.